The van der Waals surface area contributed by atoms with Crippen LogP contribution >= 0.6 is 27.7 Å². The molecule has 0 fully saturated rings. The fraction of sp³-hybridized carbons (Fsp3) is 0.143. The normalized spacial score (nSPS) is 12.4. The molecule has 0 aliphatic rings. The van der Waals surface area contributed by atoms with Crippen molar-refractivity contribution in [2.75, 3.05) is 6.26 Å². The van der Waals surface area contributed by atoms with Crippen molar-refractivity contribution in [2.24, 2.45) is 0 Å². The van der Waals surface area contributed by atoms with Gasteiger partial charge in [-0.2, -0.15) is 0 Å². The second-order valence-corrected chi connectivity index (χ2v) is 5.54. The molecule has 18 heavy (non-hydrogen) atoms. The lowest BCUT2D eigenvalue weighted by molar-refractivity contribution is 0.507. The summed E-state index contributed by atoms with van der Waals surface area (Å²) >= 11 is 5.17. The SMILES string of the molecule is CSc1ccccc1C(Br)c1ccc(F)c(F)c1. The van der Waals surface area contributed by atoms with Gasteiger partial charge in [-0.25, -0.2) is 8.78 Å². The first kappa shape index (κ1) is 13.6. The minimum absolute atomic E-state index is 0.142. The fourth-order valence-electron chi connectivity index (χ4n) is 1.73. The van der Waals surface area contributed by atoms with Gasteiger partial charge < -0.3 is 0 Å². The summed E-state index contributed by atoms with van der Waals surface area (Å²) in [6.07, 6.45) is 1.99. The van der Waals surface area contributed by atoms with Crippen molar-refractivity contribution in [1.29, 1.82) is 0 Å². The van der Waals surface area contributed by atoms with Gasteiger partial charge in [-0.15, -0.1) is 11.8 Å². The van der Waals surface area contributed by atoms with Crippen LogP contribution in [0.15, 0.2) is 47.4 Å². The third-order valence-electron chi connectivity index (χ3n) is 2.65. The highest BCUT2D eigenvalue weighted by atomic mass is 79.9. The third-order valence-corrected chi connectivity index (χ3v) is 4.48. The lowest BCUT2D eigenvalue weighted by Crippen LogP contribution is -1.97. The fourth-order valence-corrected chi connectivity index (χ4v) is 3.20. The van der Waals surface area contributed by atoms with Gasteiger partial charge in [0.25, 0.3) is 0 Å². The Kier molecular flexibility index (Phi) is 4.40. The van der Waals surface area contributed by atoms with E-state index in [9.17, 15) is 8.78 Å². The van der Waals surface area contributed by atoms with Crippen LogP contribution < -0.4 is 0 Å². The Morgan fingerprint density at radius 1 is 1.06 bits per heavy atom. The molecule has 0 aliphatic heterocycles. The molecule has 1 atom stereocenters. The topological polar surface area (TPSA) is 0 Å². The van der Waals surface area contributed by atoms with Crippen molar-refractivity contribution in [3.05, 3.63) is 65.2 Å². The van der Waals surface area contributed by atoms with E-state index in [0.717, 1.165) is 16.5 Å². The summed E-state index contributed by atoms with van der Waals surface area (Å²) in [4.78, 5) is 0.973. The maximum absolute atomic E-state index is 13.2. The van der Waals surface area contributed by atoms with E-state index in [4.69, 9.17) is 0 Å². The van der Waals surface area contributed by atoms with Gasteiger partial charge in [-0.1, -0.05) is 40.2 Å². The number of hydrogen-bond acceptors (Lipinski definition) is 1. The van der Waals surface area contributed by atoms with Crippen LogP contribution in [0.5, 0.6) is 0 Å². The number of rotatable bonds is 3. The molecule has 2 aromatic carbocycles. The molecule has 0 saturated carbocycles. The van der Waals surface area contributed by atoms with E-state index in [1.54, 1.807) is 17.8 Å². The zero-order valence-corrected chi connectivity index (χ0v) is 12.1. The molecule has 2 aromatic rings. The predicted molar refractivity (Wildman–Crippen MR) is 75.4 cm³/mol. The highest BCUT2D eigenvalue weighted by molar-refractivity contribution is 9.09. The summed E-state index contributed by atoms with van der Waals surface area (Å²) in [5.74, 6) is -1.64. The second kappa shape index (κ2) is 5.85. The Bertz CT molecular complexity index is 557. The minimum Gasteiger partial charge on any atom is -0.204 e. The van der Waals surface area contributed by atoms with Crippen LogP contribution in [0.3, 0.4) is 0 Å². The van der Waals surface area contributed by atoms with Crippen molar-refractivity contribution in [3.63, 3.8) is 0 Å². The molecule has 4 heteroatoms. The molecule has 0 amide bonds. The molecule has 0 aromatic heterocycles. The first-order chi connectivity index (χ1) is 8.63. The molecule has 0 N–H and O–H groups in total. The average Bonchev–Trinajstić information content (AvgIpc) is 2.41. The molecular formula is C14H11BrF2S. The minimum atomic E-state index is -0.823. The molecular weight excluding hydrogens is 318 g/mol. The van der Waals surface area contributed by atoms with E-state index in [0.29, 0.717) is 5.56 Å². The van der Waals surface area contributed by atoms with Crippen molar-refractivity contribution in [2.45, 2.75) is 9.72 Å². The maximum Gasteiger partial charge on any atom is 0.159 e. The van der Waals surface area contributed by atoms with Crippen LogP contribution in [-0.2, 0) is 0 Å². The van der Waals surface area contributed by atoms with E-state index in [2.05, 4.69) is 15.9 Å². The van der Waals surface area contributed by atoms with Crippen LogP contribution in [0.2, 0.25) is 0 Å². The monoisotopic (exact) mass is 328 g/mol. The van der Waals surface area contributed by atoms with Gasteiger partial charge in [0.05, 0.1) is 4.83 Å². The number of benzene rings is 2. The lowest BCUT2D eigenvalue weighted by atomic mass is 10.0. The molecule has 0 heterocycles. The number of alkyl halides is 1. The summed E-state index contributed by atoms with van der Waals surface area (Å²) < 4.78 is 26.2. The highest BCUT2D eigenvalue weighted by Crippen LogP contribution is 2.36. The molecule has 94 valence electrons. The van der Waals surface area contributed by atoms with Crippen LogP contribution in [0, 0.1) is 11.6 Å². The van der Waals surface area contributed by atoms with E-state index in [1.807, 2.05) is 30.5 Å². The van der Waals surface area contributed by atoms with Crippen LogP contribution in [0.1, 0.15) is 16.0 Å². The van der Waals surface area contributed by atoms with Crippen LogP contribution in [0.25, 0.3) is 0 Å². The van der Waals surface area contributed by atoms with Gasteiger partial charge >= 0.3 is 0 Å². The van der Waals surface area contributed by atoms with Gasteiger partial charge in [0.2, 0.25) is 0 Å². The van der Waals surface area contributed by atoms with Crippen molar-refractivity contribution >= 4 is 27.7 Å². The van der Waals surface area contributed by atoms with Gasteiger partial charge in [-0.05, 0) is 35.6 Å². The largest absolute Gasteiger partial charge is 0.204 e. The Balaban J connectivity index is 2.41. The smallest absolute Gasteiger partial charge is 0.159 e. The van der Waals surface area contributed by atoms with Gasteiger partial charge in [0.15, 0.2) is 11.6 Å². The molecule has 1 unspecified atom stereocenters. The summed E-state index contributed by atoms with van der Waals surface area (Å²) in [7, 11) is 0. The maximum atomic E-state index is 13.2. The summed E-state index contributed by atoms with van der Waals surface area (Å²) in [5.41, 5.74) is 1.76. The number of halogens is 3. The van der Waals surface area contributed by atoms with Gasteiger partial charge in [0, 0.05) is 4.90 Å². The van der Waals surface area contributed by atoms with E-state index in [1.165, 1.54) is 6.07 Å². The molecule has 0 bridgehead atoms. The predicted octanol–water partition coefficient (Wildman–Crippen LogP) is 5.17. The Labute approximate surface area is 118 Å². The highest BCUT2D eigenvalue weighted by Gasteiger charge is 2.15. The molecule has 0 aliphatic carbocycles. The first-order valence-corrected chi connectivity index (χ1v) is 7.49. The zero-order chi connectivity index (χ0) is 13.1. The Morgan fingerprint density at radius 3 is 2.44 bits per heavy atom. The van der Waals surface area contributed by atoms with Crippen molar-refractivity contribution in [1.82, 2.24) is 0 Å². The van der Waals surface area contributed by atoms with E-state index < -0.39 is 11.6 Å². The number of thioether (sulfide) groups is 1. The standard InChI is InChI=1S/C14H11BrF2S/c1-18-13-5-3-2-4-10(13)14(15)9-6-7-11(16)12(17)8-9/h2-8,14H,1H3. The Hall–Kier alpha value is -0.870. The van der Waals surface area contributed by atoms with Crippen molar-refractivity contribution < 1.29 is 8.78 Å². The quantitative estimate of drug-likeness (QED) is 0.553. The summed E-state index contributed by atoms with van der Waals surface area (Å²) in [5, 5.41) is 0. The Morgan fingerprint density at radius 2 is 1.78 bits per heavy atom. The molecule has 0 nitrogen and oxygen atoms in total. The molecule has 0 saturated heterocycles. The van der Waals surface area contributed by atoms with Crippen LogP contribution in [0.4, 0.5) is 8.78 Å². The summed E-state index contributed by atoms with van der Waals surface area (Å²) in [6.45, 7) is 0. The lowest BCUT2D eigenvalue weighted by Gasteiger charge is -2.14. The van der Waals surface area contributed by atoms with Gasteiger partial charge in [0.1, 0.15) is 0 Å². The third kappa shape index (κ3) is 2.75. The number of hydrogen-bond donors (Lipinski definition) is 0. The van der Waals surface area contributed by atoms with E-state index in [-0.39, 0.29) is 4.83 Å². The van der Waals surface area contributed by atoms with Crippen molar-refractivity contribution in [3.8, 4) is 0 Å². The molecule has 0 spiro atoms. The van der Waals surface area contributed by atoms with Crippen LogP contribution in [-0.4, -0.2) is 6.26 Å². The first-order valence-electron chi connectivity index (χ1n) is 5.35. The van der Waals surface area contributed by atoms with Gasteiger partial charge in [-0.3, -0.25) is 0 Å². The molecule has 2 rings (SSSR count). The average molecular weight is 329 g/mol. The van der Waals surface area contributed by atoms with E-state index >= 15 is 0 Å². The summed E-state index contributed by atoms with van der Waals surface area (Å²) in [6, 6.07) is 11.9. The second-order valence-electron chi connectivity index (χ2n) is 3.78. The zero-order valence-electron chi connectivity index (χ0n) is 9.66. The molecule has 0 radical (unpaired) electrons.